The zero-order valence-electron chi connectivity index (χ0n) is 8.84. The number of amides is 1. The van der Waals surface area contributed by atoms with Crippen LogP contribution in [0.3, 0.4) is 0 Å². The summed E-state index contributed by atoms with van der Waals surface area (Å²) in [6.45, 7) is 9.58. The zero-order chi connectivity index (χ0) is 9.94. The van der Waals surface area contributed by atoms with Crippen molar-refractivity contribution in [1.82, 2.24) is 4.90 Å². The van der Waals surface area contributed by atoms with E-state index in [1.54, 1.807) is 11.9 Å². The lowest BCUT2D eigenvalue weighted by molar-refractivity contribution is 0.0595. The third-order valence-corrected chi connectivity index (χ3v) is 1.62. The maximum Gasteiger partial charge on any atom is 0.410 e. The first-order valence-corrected chi connectivity index (χ1v) is 4.19. The molecule has 0 aliphatic rings. The summed E-state index contributed by atoms with van der Waals surface area (Å²) in [6, 6.07) is 0. The number of hydrogen-bond acceptors (Lipinski definition) is 2. The Kier molecular flexibility index (Phi) is 3.55. The maximum atomic E-state index is 11.3. The van der Waals surface area contributed by atoms with Gasteiger partial charge < -0.3 is 9.64 Å². The molecule has 0 saturated carbocycles. The highest BCUT2D eigenvalue weighted by Crippen LogP contribution is 2.12. The lowest BCUT2D eigenvalue weighted by Crippen LogP contribution is -2.43. The summed E-state index contributed by atoms with van der Waals surface area (Å²) in [6.07, 6.45) is -0.320. The molecule has 0 atom stereocenters. The molecule has 0 fully saturated rings. The maximum absolute atomic E-state index is 11.3. The lowest BCUT2D eigenvalue weighted by atomic mass is 10.1. The second-order valence-electron chi connectivity index (χ2n) is 4.16. The van der Waals surface area contributed by atoms with Crippen molar-refractivity contribution in [2.45, 2.75) is 46.3 Å². The first-order chi connectivity index (χ1) is 5.25. The van der Waals surface area contributed by atoms with Crippen LogP contribution >= 0.6 is 0 Å². The minimum Gasteiger partial charge on any atom is -0.447 e. The molecule has 3 heteroatoms. The van der Waals surface area contributed by atoms with Crippen molar-refractivity contribution in [1.29, 1.82) is 0 Å². The molecule has 0 N–H and O–H groups in total. The fourth-order valence-corrected chi connectivity index (χ4v) is 0.555. The third kappa shape index (κ3) is 3.60. The van der Waals surface area contributed by atoms with Gasteiger partial charge >= 0.3 is 6.09 Å². The predicted molar refractivity (Wildman–Crippen MR) is 49.1 cm³/mol. The van der Waals surface area contributed by atoms with E-state index in [9.17, 15) is 4.79 Å². The van der Waals surface area contributed by atoms with Crippen molar-refractivity contribution >= 4 is 6.09 Å². The summed E-state index contributed by atoms with van der Waals surface area (Å²) in [5.74, 6) is 0. The Morgan fingerprint density at radius 2 is 1.75 bits per heavy atom. The smallest absolute Gasteiger partial charge is 0.410 e. The standard InChI is InChI=1S/C9H19NO2/c1-7(2)12-8(11)10(6)9(3,4)5/h7H,1-6H3. The van der Waals surface area contributed by atoms with E-state index in [0.717, 1.165) is 0 Å². The molecule has 0 spiro atoms. The zero-order valence-corrected chi connectivity index (χ0v) is 8.84. The van der Waals surface area contributed by atoms with Gasteiger partial charge in [0.15, 0.2) is 0 Å². The Bertz CT molecular complexity index is 158. The molecular weight excluding hydrogens is 154 g/mol. The Balaban J connectivity index is 4.12. The van der Waals surface area contributed by atoms with Crippen molar-refractivity contribution in [3.8, 4) is 0 Å². The van der Waals surface area contributed by atoms with Crippen LogP contribution in [0.4, 0.5) is 4.79 Å². The third-order valence-electron chi connectivity index (χ3n) is 1.62. The van der Waals surface area contributed by atoms with Gasteiger partial charge in [-0.15, -0.1) is 0 Å². The molecule has 0 aliphatic carbocycles. The molecule has 12 heavy (non-hydrogen) atoms. The van der Waals surface area contributed by atoms with E-state index < -0.39 is 0 Å². The number of ether oxygens (including phenoxy) is 1. The molecule has 0 unspecified atom stereocenters. The summed E-state index contributed by atoms with van der Waals surface area (Å²) in [5, 5.41) is 0. The lowest BCUT2D eigenvalue weighted by Gasteiger charge is -2.31. The summed E-state index contributed by atoms with van der Waals surface area (Å²) >= 11 is 0. The molecule has 0 aromatic carbocycles. The van der Waals surface area contributed by atoms with Crippen molar-refractivity contribution < 1.29 is 9.53 Å². The van der Waals surface area contributed by atoms with E-state index in [-0.39, 0.29) is 17.7 Å². The molecule has 0 aromatic rings. The van der Waals surface area contributed by atoms with E-state index in [1.165, 1.54) is 0 Å². The van der Waals surface area contributed by atoms with Crippen LogP contribution in [0.5, 0.6) is 0 Å². The summed E-state index contributed by atoms with van der Waals surface area (Å²) in [5.41, 5.74) is -0.175. The highest BCUT2D eigenvalue weighted by atomic mass is 16.6. The highest BCUT2D eigenvalue weighted by molar-refractivity contribution is 5.68. The van der Waals surface area contributed by atoms with Gasteiger partial charge in [-0.2, -0.15) is 0 Å². The van der Waals surface area contributed by atoms with Crippen LogP contribution in [0, 0.1) is 0 Å². The van der Waals surface area contributed by atoms with Crippen LogP contribution < -0.4 is 0 Å². The minimum atomic E-state index is -0.266. The van der Waals surface area contributed by atoms with Crippen molar-refractivity contribution in [2.24, 2.45) is 0 Å². The molecule has 0 bridgehead atoms. The van der Waals surface area contributed by atoms with Gasteiger partial charge in [0.25, 0.3) is 0 Å². The molecule has 0 saturated heterocycles. The molecule has 0 aliphatic heterocycles. The van der Waals surface area contributed by atoms with Crippen molar-refractivity contribution in [3.05, 3.63) is 0 Å². The van der Waals surface area contributed by atoms with Gasteiger partial charge in [0.05, 0.1) is 6.10 Å². The largest absolute Gasteiger partial charge is 0.447 e. The molecule has 72 valence electrons. The van der Waals surface area contributed by atoms with E-state index in [1.807, 2.05) is 34.6 Å². The van der Waals surface area contributed by atoms with Crippen molar-refractivity contribution in [2.75, 3.05) is 7.05 Å². The Hall–Kier alpha value is -0.730. The second-order valence-corrected chi connectivity index (χ2v) is 4.16. The molecule has 0 rings (SSSR count). The predicted octanol–water partition coefficient (Wildman–Crippen LogP) is 2.26. The van der Waals surface area contributed by atoms with Gasteiger partial charge in [-0.25, -0.2) is 4.79 Å². The van der Waals surface area contributed by atoms with Gasteiger partial charge in [0.1, 0.15) is 0 Å². The molecule has 0 heterocycles. The van der Waals surface area contributed by atoms with Crippen LogP contribution in [-0.2, 0) is 4.74 Å². The number of hydrogen-bond donors (Lipinski definition) is 0. The number of nitrogens with zero attached hydrogens (tertiary/aromatic N) is 1. The van der Waals surface area contributed by atoms with E-state index in [0.29, 0.717) is 0 Å². The topological polar surface area (TPSA) is 29.5 Å². The fraction of sp³-hybridized carbons (Fsp3) is 0.889. The molecule has 0 aromatic heterocycles. The first kappa shape index (κ1) is 11.3. The van der Waals surface area contributed by atoms with Crippen LogP contribution in [0.25, 0.3) is 0 Å². The quantitative estimate of drug-likeness (QED) is 0.608. The Labute approximate surface area is 74.7 Å². The van der Waals surface area contributed by atoms with Gasteiger partial charge in [-0.3, -0.25) is 0 Å². The van der Waals surface area contributed by atoms with Gasteiger partial charge in [0.2, 0.25) is 0 Å². The summed E-state index contributed by atoms with van der Waals surface area (Å²) in [7, 11) is 1.74. The van der Waals surface area contributed by atoms with Crippen LogP contribution in [-0.4, -0.2) is 29.7 Å². The van der Waals surface area contributed by atoms with E-state index in [2.05, 4.69) is 0 Å². The average Bonchev–Trinajstić information content (AvgIpc) is 1.82. The van der Waals surface area contributed by atoms with Crippen LogP contribution in [0.2, 0.25) is 0 Å². The Morgan fingerprint density at radius 1 is 1.33 bits per heavy atom. The monoisotopic (exact) mass is 173 g/mol. The first-order valence-electron chi connectivity index (χ1n) is 4.19. The van der Waals surface area contributed by atoms with Gasteiger partial charge in [-0.1, -0.05) is 0 Å². The highest BCUT2D eigenvalue weighted by Gasteiger charge is 2.23. The SMILES string of the molecule is CC(C)OC(=O)N(C)C(C)(C)C. The fourth-order valence-electron chi connectivity index (χ4n) is 0.555. The van der Waals surface area contributed by atoms with Crippen LogP contribution in [0.15, 0.2) is 0 Å². The minimum absolute atomic E-state index is 0.0534. The number of rotatable bonds is 1. The summed E-state index contributed by atoms with van der Waals surface area (Å²) < 4.78 is 5.03. The van der Waals surface area contributed by atoms with Crippen LogP contribution in [0.1, 0.15) is 34.6 Å². The molecular formula is C9H19NO2. The molecule has 1 amide bonds. The van der Waals surface area contributed by atoms with Gasteiger partial charge in [0, 0.05) is 12.6 Å². The molecule has 3 nitrogen and oxygen atoms in total. The number of carbonyl (C=O) groups excluding carboxylic acids is 1. The normalized spacial score (nSPS) is 11.6. The van der Waals surface area contributed by atoms with Gasteiger partial charge in [-0.05, 0) is 34.6 Å². The Morgan fingerprint density at radius 3 is 2.00 bits per heavy atom. The van der Waals surface area contributed by atoms with E-state index >= 15 is 0 Å². The number of carbonyl (C=O) groups is 1. The van der Waals surface area contributed by atoms with Crippen molar-refractivity contribution in [3.63, 3.8) is 0 Å². The second kappa shape index (κ2) is 3.78. The van der Waals surface area contributed by atoms with E-state index in [4.69, 9.17) is 4.74 Å². The summed E-state index contributed by atoms with van der Waals surface area (Å²) in [4.78, 5) is 12.9. The average molecular weight is 173 g/mol. The molecule has 0 radical (unpaired) electrons.